The molecule has 0 fully saturated rings. The molecule has 74 valence electrons. The van der Waals surface area contributed by atoms with Crippen molar-refractivity contribution in [3.63, 3.8) is 0 Å². The Morgan fingerprint density at radius 1 is 1.31 bits per heavy atom. The number of benzene rings is 1. The molecule has 0 saturated heterocycles. The average Bonchev–Trinajstić information content (AvgIpc) is 2.05. The average molecular weight is 203 g/mol. The van der Waals surface area contributed by atoms with Gasteiger partial charge in [0.2, 0.25) is 0 Å². The lowest BCUT2D eigenvalue weighted by Gasteiger charge is -2.11. The lowest BCUT2D eigenvalue weighted by atomic mass is 10.0. The molecule has 0 aliphatic heterocycles. The fraction of sp³-hybridized carbons (Fsp3) is 0.333. The number of hydrogen-bond donors (Lipinski definition) is 3. The van der Waals surface area contributed by atoms with Crippen LogP contribution in [0.2, 0.25) is 0 Å². The van der Waals surface area contributed by atoms with E-state index in [1.807, 2.05) is 12.1 Å². The summed E-state index contributed by atoms with van der Waals surface area (Å²) < 4.78 is 0. The number of hydrogen-bond acceptors (Lipinski definition) is 3. The van der Waals surface area contributed by atoms with E-state index in [4.69, 9.17) is 11.5 Å². The van der Waals surface area contributed by atoms with E-state index in [1.165, 1.54) is 0 Å². The highest BCUT2D eigenvalue weighted by molar-refractivity contribution is 5.85. The number of halogens is 1. The lowest BCUT2D eigenvalue weighted by Crippen LogP contribution is -2.15. The van der Waals surface area contributed by atoms with Gasteiger partial charge in [-0.1, -0.05) is 18.2 Å². The minimum atomic E-state index is -0.156. The molecule has 0 amide bonds. The first-order valence-corrected chi connectivity index (χ1v) is 3.99. The van der Waals surface area contributed by atoms with Crippen LogP contribution in [-0.4, -0.2) is 11.7 Å². The summed E-state index contributed by atoms with van der Waals surface area (Å²) in [5.41, 5.74) is 11.9. The third kappa shape index (κ3) is 3.22. The van der Waals surface area contributed by atoms with E-state index < -0.39 is 0 Å². The van der Waals surface area contributed by atoms with E-state index >= 15 is 0 Å². The molecule has 0 aliphatic rings. The maximum absolute atomic E-state index is 9.39. The van der Waals surface area contributed by atoms with Gasteiger partial charge < -0.3 is 16.6 Å². The number of phenolic OH excluding ortho intramolecular Hbond substituents is 1. The lowest BCUT2D eigenvalue weighted by molar-refractivity contribution is 0.459. The van der Waals surface area contributed by atoms with Crippen LogP contribution in [-0.2, 0) is 0 Å². The van der Waals surface area contributed by atoms with Gasteiger partial charge in [0, 0.05) is 11.6 Å². The normalized spacial score (nSPS) is 11.8. The van der Waals surface area contributed by atoms with Crippen molar-refractivity contribution in [2.75, 3.05) is 6.54 Å². The summed E-state index contributed by atoms with van der Waals surface area (Å²) in [7, 11) is 0. The molecule has 0 bridgehead atoms. The van der Waals surface area contributed by atoms with Crippen LogP contribution < -0.4 is 11.5 Å². The molecule has 13 heavy (non-hydrogen) atoms. The number of phenols is 1. The second kappa shape index (κ2) is 5.80. The molecule has 0 radical (unpaired) electrons. The van der Waals surface area contributed by atoms with E-state index in [1.54, 1.807) is 12.1 Å². The van der Waals surface area contributed by atoms with Gasteiger partial charge in [-0.25, -0.2) is 0 Å². The zero-order chi connectivity index (χ0) is 8.97. The van der Waals surface area contributed by atoms with Crippen LogP contribution in [0.1, 0.15) is 18.0 Å². The molecule has 0 aliphatic carbocycles. The maximum Gasteiger partial charge on any atom is 0.120 e. The highest BCUT2D eigenvalue weighted by Gasteiger charge is 2.07. The van der Waals surface area contributed by atoms with Crippen LogP contribution in [0.3, 0.4) is 0 Å². The van der Waals surface area contributed by atoms with Crippen molar-refractivity contribution < 1.29 is 5.11 Å². The Kier molecular flexibility index (Phi) is 5.46. The van der Waals surface area contributed by atoms with Crippen molar-refractivity contribution in [2.24, 2.45) is 11.5 Å². The number of rotatable bonds is 3. The Bertz CT molecular complexity index is 255. The van der Waals surface area contributed by atoms with E-state index in [0.29, 0.717) is 13.0 Å². The molecular formula is C9H15ClN2O. The van der Waals surface area contributed by atoms with Crippen LogP contribution >= 0.6 is 12.4 Å². The van der Waals surface area contributed by atoms with Crippen molar-refractivity contribution in [2.45, 2.75) is 12.5 Å². The molecule has 0 saturated carbocycles. The Morgan fingerprint density at radius 2 is 1.92 bits per heavy atom. The fourth-order valence-corrected chi connectivity index (χ4v) is 1.14. The Balaban J connectivity index is 0.00000144. The van der Waals surface area contributed by atoms with Gasteiger partial charge in [0.05, 0.1) is 0 Å². The SMILES string of the molecule is Cl.NCC[C@@H](N)c1ccccc1O. The number of nitrogens with two attached hydrogens (primary N) is 2. The van der Waals surface area contributed by atoms with Crippen LogP contribution in [0.15, 0.2) is 24.3 Å². The van der Waals surface area contributed by atoms with E-state index in [0.717, 1.165) is 5.56 Å². The molecule has 0 spiro atoms. The van der Waals surface area contributed by atoms with Gasteiger partial charge in [0.15, 0.2) is 0 Å². The third-order valence-corrected chi connectivity index (χ3v) is 1.81. The molecule has 1 aromatic carbocycles. The first-order valence-electron chi connectivity index (χ1n) is 3.99. The van der Waals surface area contributed by atoms with Gasteiger partial charge in [-0.15, -0.1) is 12.4 Å². The maximum atomic E-state index is 9.39. The van der Waals surface area contributed by atoms with E-state index in [9.17, 15) is 5.11 Å². The molecule has 1 rings (SSSR count). The summed E-state index contributed by atoms with van der Waals surface area (Å²) in [6, 6.07) is 6.91. The van der Waals surface area contributed by atoms with Crippen LogP contribution in [0.25, 0.3) is 0 Å². The predicted molar refractivity (Wildman–Crippen MR) is 56.0 cm³/mol. The van der Waals surface area contributed by atoms with Gasteiger partial charge in [0.1, 0.15) is 5.75 Å². The highest BCUT2D eigenvalue weighted by Crippen LogP contribution is 2.23. The molecule has 0 aromatic heterocycles. The monoisotopic (exact) mass is 202 g/mol. The third-order valence-electron chi connectivity index (χ3n) is 1.81. The zero-order valence-electron chi connectivity index (χ0n) is 7.31. The Labute approximate surface area is 84.2 Å². The van der Waals surface area contributed by atoms with Crippen molar-refractivity contribution in [3.8, 4) is 5.75 Å². The van der Waals surface area contributed by atoms with Crippen molar-refractivity contribution in [1.82, 2.24) is 0 Å². The topological polar surface area (TPSA) is 72.3 Å². The largest absolute Gasteiger partial charge is 0.508 e. The quantitative estimate of drug-likeness (QED) is 0.689. The molecule has 0 unspecified atom stereocenters. The molecule has 1 atom stereocenters. The van der Waals surface area contributed by atoms with Crippen LogP contribution in [0.4, 0.5) is 0 Å². The summed E-state index contributed by atoms with van der Waals surface area (Å²) in [6.45, 7) is 0.537. The smallest absolute Gasteiger partial charge is 0.120 e. The van der Waals surface area contributed by atoms with Crippen molar-refractivity contribution in [1.29, 1.82) is 0 Å². The molecular weight excluding hydrogens is 188 g/mol. The number of para-hydroxylation sites is 1. The first-order chi connectivity index (χ1) is 5.75. The minimum absolute atomic E-state index is 0. The second-order valence-corrected chi connectivity index (χ2v) is 2.74. The Morgan fingerprint density at radius 3 is 2.46 bits per heavy atom. The van der Waals surface area contributed by atoms with Crippen LogP contribution in [0, 0.1) is 0 Å². The molecule has 0 heterocycles. The summed E-state index contributed by atoms with van der Waals surface area (Å²) >= 11 is 0. The molecule has 3 nitrogen and oxygen atoms in total. The zero-order valence-corrected chi connectivity index (χ0v) is 8.13. The van der Waals surface area contributed by atoms with E-state index in [-0.39, 0.29) is 24.2 Å². The molecule has 5 N–H and O–H groups in total. The van der Waals surface area contributed by atoms with Crippen molar-refractivity contribution >= 4 is 12.4 Å². The second-order valence-electron chi connectivity index (χ2n) is 2.74. The van der Waals surface area contributed by atoms with Gasteiger partial charge >= 0.3 is 0 Å². The van der Waals surface area contributed by atoms with Crippen LogP contribution in [0.5, 0.6) is 5.75 Å². The van der Waals surface area contributed by atoms with Gasteiger partial charge in [0.25, 0.3) is 0 Å². The highest BCUT2D eigenvalue weighted by atomic mass is 35.5. The Hall–Kier alpha value is -0.770. The predicted octanol–water partition coefficient (Wildman–Crippen LogP) is 1.16. The summed E-state index contributed by atoms with van der Waals surface area (Å²) in [5, 5.41) is 9.39. The number of aromatic hydroxyl groups is 1. The summed E-state index contributed by atoms with van der Waals surface area (Å²) in [5.74, 6) is 0.249. The van der Waals surface area contributed by atoms with Gasteiger partial charge in [-0.3, -0.25) is 0 Å². The molecule has 1 aromatic rings. The minimum Gasteiger partial charge on any atom is -0.508 e. The standard InChI is InChI=1S/C9H14N2O.ClH/c10-6-5-8(11)7-3-1-2-4-9(7)12;/h1-4,8,12H,5-6,10-11H2;1H/t8-;/m1./s1. The van der Waals surface area contributed by atoms with Gasteiger partial charge in [-0.05, 0) is 19.0 Å². The fourth-order valence-electron chi connectivity index (χ4n) is 1.14. The molecule has 4 heteroatoms. The summed E-state index contributed by atoms with van der Waals surface area (Å²) in [4.78, 5) is 0. The first kappa shape index (κ1) is 12.2. The van der Waals surface area contributed by atoms with E-state index in [2.05, 4.69) is 0 Å². The summed E-state index contributed by atoms with van der Waals surface area (Å²) in [6.07, 6.45) is 0.692. The van der Waals surface area contributed by atoms with Crippen molar-refractivity contribution in [3.05, 3.63) is 29.8 Å². The van der Waals surface area contributed by atoms with Gasteiger partial charge in [-0.2, -0.15) is 0 Å².